The van der Waals surface area contributed by atoms with E-state index < -0.39 is 11.6 Å². The molecule has 0 saturated heterocycles. The number of anilines is 1. The zero-order valence-electron chi connectivity index (χ0n) is 11.7. The topological polar surface area (TPSA) is 40.7 Å². The summed E-state index contributed by atoms with van der Waals surface area (Å²) in [5.41, 5.74) is 3.42. The van der Waals surface area contributed by atoms with Crippen molar-refractivity contribution in [3.05, 3.63) is 59.4 Å². The molecule has 3 rings (SSSR count). The zero-order chi connectivity index (χ0) is 15.0. The Hall–Kier alpha value is -2.43. The quantitative estimate of drug-likeness (QED) is 0.753. The molecule has 0 radical (unpaired) electrons. The van der Waals surface area contributed by atoms with E-state index >= 15 is 0 Å². The molecule has 3 nitrogen and oxygen atoms in total. The Morgan fingerprint density at radius 2 is 1.90 bits per heavy atom. The number of rotatable bonds is 3. The molecular formula is C16H15F2N3. The molecule has 0 spiro atoms. The molecule has 1 atom stereocenters. The number of aromatic nitrogens is 2. The minimum atomic E-state index is -0.833. The molecule has 1 heterocycles. The predicted octanol–water partition coefficient (Wildman–Crippen LogP) is 4.32. The summed E-state index contributed by atoms with van der Waals surface area (Å²) in [7, 11) is 0. The van der Waals surface area contributed by atoms with Crippen LogP contribution in [-0.4, -0.2) is 9.97 Å². The average Bonchev–Trinajstić information content (AvgIpc) is 2.81. The molecule has 0 bridgehead atoms. The lowest BCUT2D eigenvalue weighted by Gasteiger charge is -2.16. The Balaban J connectivity index is 1.84. The fourth-order valence-electron chi connectivity index (χ4n) is 2.34. The standard InChI is InChI=1S/C16H15F2N3/c1-9(11-3-5-13(17)14(18)7-11)19-12-4-6-15-16(8-12)21-10(2)20-15/h3-9,19H,1-2H3,(H,20,21). The summed E-state index contributed by atoms with van der Waals surface area (Å²) >= 11 is 0. The van der Waals surface area contributed by atoms with Gasteiger partial charge in [0, 0.05) is 11.7 Å². The predicted molar refractivity (Wildman–Crippen MR) is 79.2 cm³/mol. The van der Waals surface area contributed by atoms with Crippen LogP contribution in [0, 0.1) is 18.6 Å². The summed E-state index contributed by atoms with van der Waals surface area (Å²) in [6.07, 6.45) is 0. The fourth-order valence-corrected chi connectivity index (χ4v) is 2.34. The Kier molecular flexibility index (Phi) is 3.33. The van der Waals surface area contributed by atoms with Crippen molar-refractivity contribution in [2.75, 3.05) is 5.32 Å². The Morgan fingerprint density at radius 3 is 2.67 bits per heavy atom. The largest absolute Gasteiger partial charge is 0.378 e. The van der Waals surface area contributed by atoms with Crippen LogP contribution in [-0.2, 0) is 0 Å². The van der Waals surface area contributed by atoms with Crippen molar-refractivity contribution in [1.82, 2.24) is 9.97 Å². The Bertz CT molecular complexity index is 795. The van der Waals surface area contributed by atoms with E-state index in [1.165, 1.54) is 6.07 Å². The van der Waals surface area contributed by atoms with E-state index in [1.54, 1.807) is 6.07 Å². The maximum atomic E-state index is 13.3. The highest BCUT2D eigenvalue weighted by molar-refractivity contribution is 5.79. The van der Waals surface area contributed by atoms with Crippen molar-refractivity contribution in [2.24, 2.45) is 0 Å². The van der Waals surface area contributed by atoms with Gasteiger partial charge in [-0.3, -0.25) is 0 Å². The van der Waals surface area contributed by atoms with Crippen LogP contribution in [0.15, 0.2) is 36.4 Å². The van der Waals surface area contributed by atoms with Gasteiger partial charge in [-0.1, -0.05) is 6.07 Å². The number of imidazole rings is 1. The second-order valence-electron chi connectivity index (χ2n) is 5.09. The molecule has 0 aliphatic carbocycles. The van der Waals surface area contributed by atoms with Crippen LogP contribution in [0.1, 0.15) is 24.4 Å². The van der Waals surface area contributed by atoms with Gasteiger partial charge in [0.1, 0.15) is 5.82 Å². The smallest absolute Gasteiger partial charge is 0.159 e. The van der Waals surface area contributed by atoms with Crippen LogP contribution in [0.5, 0.6) is 0 Å². The van der Waals surface area contributed by atoms with Crippen LogP contribution in [0.2, 0.25) is 0 Å². The number of H-pyrrole nitrogens is 1. The molecule has 108 valence electrons. The number of hydrogen-bond acceptors (Lipinski definition) is 2. The normalized spacial score (nSPS) is 12.6. The minimum absolute atomic E-state index is 0.137. The first-order chi connectivity index (χ1) is 10.0. The number of aromatic amines is 1. The average molecular weight is 287 g/mol. The molecule has 2 aromatic carbocycles. The maximum Gasteiger partial charge on any atom is 0.159 e. The molecule has 0 amide bonds. The third-order valence-corrected chi connectivity index (χ3v) is 3.43. The molecule has 0 fully saturated rings. The molecule has 1 unspecified atom stereocenters. The number of benzene rings is 2. The second-order valence-corrected chi connectivity index (χ2v) is 5.09. The zero-order valence-corrected chi connectivity index (χ0v) is 11.7. The van der Waals surface area contributed by atoms with Gasteiger partial charge >= 0.3 is 0 Å². The van der Waals surface area contributed by atoms with Gasteiger partial charge in [-0.05, 0) is 49.7 Å². The Labute approximate surface area is 121 Å². The highest BCUT2D eigenvalue weighted by Gasteiger charge is 2.10. The van der Waals surface area contributed by atoms with Crippen LogP contribution in [0.25, 0.3) is 11.0 Å². The van der Waals surface area contributed by atoms with Gasteiger partial charge in [0.05, 0.1) is 11.0 Å². The van der Waals surface area contributed by atoms with Gasteiger partial charge in [0.15, 0.2) is 11.6 Å². The van der Waals surface area contributed by atoms with Crippen LogP contribution < -0.4 is 5.32 Å². The molecule has 0 aliphatic rings. The van der Waals surface area contributed by atoms with Crippen molar-refractivity contribution in [1.29, 1.82) is 0 Å². The number of fused-ring (bicyclic) bond motifs is 1. The van der Waals surface area contributed by atoms with Crippen molar-refractivity contribution < 1.29 is 8.78 Å². The molecule has 0 saturated carbocycles. The van der Waals surface area contributed by atoms with E-state index in [9.17, 15) is 8.78 Å². The number of nitrogens with one attached hydrogen (secondary N) is 2. The van der Waals surface area contributed by atoms with Gasteiger partial charge in [0.2, 0.25) is 0 Å². The van der Waals surface area contributed by atoms with E-state index in [-0.39, 0.29) is 6.04 Å². The molecule has 3 aromatic rings. The maximum absolute atomic E-state index is 13.3. The highest BCUT2D eigenvalue weighted by Crippen LogP contribution is 2.23. The summed E-state index contributed by atoms with van der Waals surface area (Å²) in [4.78, 5) is 7.51. The molecule has 21 heavy (non-hydrogen) atoms. The number of halogens is 2. The fraction of sp³-hybridized carbons (Fsp3) is 0.188. The van der Waals surface area contributed by atoms with Gasteiger partial charge in [-0.25, -0.2) is 13.8 Å². The van der Waals surface area contributed by atoms with E-state index in [2.05, 4.69) is 15.3 Å². The third-order valence-electron chi connectivity index (χ3n) is 3.43. The highest BCUT2D eigenvalue weighted by atomic mass is 19.2. The first-order valence-corrected chi connectivity index (χ1v) is 6.71. The van der Waals surface area contributed by atoms with Crippen molar-refractivity contribution in [3.63, 3.8) is 0 Å². The van der Waals surface area contributed by atoms with E-state index in [1.807, 2.05) is 32.0 Å². The van der Waals surface area contributed by atoms with Gasteiger partial charge in [0.25, 0.3) is 0 Å². The molecule has 5 heteroatoms. The lowest BCUT2D eigenvalue weighted by atomic mass is 10.1. The third kappa shape index (κ3) is 2.72. The summed E-state index contributed by atoms with van der Waals surface area (Å²) in [5.74, 6) is -0.808. The number of aryl methyl sites for hydroxylation is 1. The summed E-state index contributed by atoms with van der Waals surface area (Å²) < 4.78 is 26.2. The van der Waals surface area contributed by atoms with Crippen molar-refractivity contribution in [2.45, 2.75) is 19.9 Å². The Morgan fingerprint density at radius 1 is 1.10 bits per heavy atom. The van der Waals surface area contributed by atoms with E-state index in [0.717, 1.165) is 28.6 Å². The van der Waals surface area contributed by atoms with E-state index in [4.69, 9.17) is 0 Å². The summed E-state index contributed by atoms with van der Waals surface area (Å²) in [6.45, 7) is 3.80. The summed E-state index contributed by atoms with van der Waals surface area (Å²) in [5, 5.41) is 3.27. The monoisotopic (exact) mass is 287 g/mol. The molecule has 1 aromatic heterocycles. The second kappa shape index (κ2) is 5.16. The number of hydrogen-bond donors (Lipinski definition) is 2. The van der Waals surface area contributed by atoms with Crippen LogP contribution in [0.4, 0.5) is 14.5 Å². The molecular weight excluding hydrogens is 272 g/mol. The minimum Gasteiger partial charge on any atom is -0.378 e. The van der Waals surface area contributed by atoms with Crippen LogP contribution in [0.3, 0.4) is 0 Å². The van der Waals surface area contributed by atoms with Gasteiger partial charge < -0.3 is 10.3 Å². The summed E-state index contributed by atoms with van der Waals surface area (Å²) in [6, 6.07) is 9.58. The molecule has 0 aliphatic heterocycles. The van der Waals surface area contributed by atoms with Crippen molar-refractivity contribution in [3.8, 4) is 0 Å². The first-order valence-electron chi connectivity index (χ1n) is 6.71. The van der Waals surface area contributed by atoms with E-state index in [0.29, 0.717) is 5.56 Å². The molecule has 2 N–H and O–H groups in total. The SMILES string of the molecule is Cc1nc2ccc(NC(C)c3ccc(F)c(F)c3)cc2[nH]1. The van der Waals surface area contributed by atoms with Crippen LogP contribution >= 0.6 is 0 Å². The lowest BCUT2D eigenvalue weighted by molar-refractivity contribution is 0.506. The van der Waals surface area contributed by atoms with Gasteiger partial charge in [-0.2, -0.15) is 0 Å². The van der Waals surface area contributed by atoms with Gasteiger partial charge in [-0.15, -0.1) is 0 Å². The first kappa shape index (κ1) is 13.5. The van der Waals surface area contributed by atoms with Crippen molar-refractivity contribution >= 4 is 16.7 Å². The number of nitrogens with zero attached hydrogens (tertiary/aromatic N) is 1. The lowest BCUT2D eigenvalue weighted by Crippen LogP contribution is -2.07.